The average molecular weight is 585 g/mol. The van der Waals surface area contributed by atoms with E-state index < -0.39 is 10.1 Å². The van der Waals surface area contributed by atoms with Crippen molar-refractivity contribution in [1.29, 1.82) is 0 Å². The Bertz CT molecular complexity index is 841. The SMILES string of the molecule is CCCCCCCCCCCCCCCCNc1nc(NCCCCCCCC)nc(N(C)CCS(=O)(=O)O)n1. The van der Waals surface area contributed by atoms with Crippen LogP contribution in [0.5, 0.6) is 0 Å². The standard InChI is InChI=1S/C30H60N6O3S/c1-4-6-8-10-12-13-14-15-16-17-18-19-21-23-25-32-29-33-28(31-24-22-20-11-9-7-5-2)34-30(35-29)36(3)26-27-40(37,38)39/h4-27H2,1-3H3,(H,37,38,39)(H2,31,32,33,34,35). The predicted octanol–water partition coefficient (Wildman–Crippen LogP) is 7.86. The third kappa shape index (κ3) is 21.1. The summed E-state index contributed by atoms with van der Waals surface area (Å²) in [6.45, 7) is 6.15. The fourth-order valence-corrected chi connectivity index (χ4v) is 5.18. The van der Waals surface area contributed by atoms with E-state index >= 15 is 0 Å². The Hall–Kier alpha value is -1.68. The van der Waals surface area contributed by atoms with Gasteiger partial charge in [-0.25, -0.2) is 0 Å². The maximum Gasteiger partial charge on any atom is 0.266 e. The molecule has 0 aromatic carbocycles. The van der Waals surface area contributed by atoms with Gasteiger partial charge in [-0.05, 0) is 12.8 Å². The van der Waals surface area contributed by atoms with Crippen LogP contribution in [-0.2, 0) is 10.1 Å². The van der Waals surface area contributed by atoms with Gasteiger partial charge in [0, 0.05) is 26.7 Å². The Labute approximate surface area is 245 Å². The molecule has 9 nitrogen and oxygen atoms in total. The monoisotopic (exact) mass is 584 g/mol. The van der Waals surface area contributed by atoms with Crippen molar-refractivity contribution >= 4 is 28.0 Å². The number of rotatable bonds is 28. The summed E-state index contributed by atoms with van der Waals surface area (Å²) in [6, 6.07) is 0. The molecule has 0 bridgehead atoms. The molecule has 1 aromatic heterocycles. The van der Waals surface area contributed by atoms with Crippen molar-refractivity contribution in [3.05, 3.63) is 0 Å². The van der Waals surface area contributed by atoms with Gasteiger partial charge in [-0.1, -0.05) is 129 Å². The van der Waals surface area contributed by atoms with Gasteiger partial charge >= 0.3 is 0 Å². The maximum atomic E-state index is 11.2. The Morgan fingerprint density at radius 2 is 0.950 bits per heavy atom. The number of hydrogen-bond donors (Lipinski definition) is 3. The Balaban J connectivity index is 2.35. The lowest BCUT2D eigenvalue weighted by Crippen LogP contribution is -2.27. The highest BCUT2D eigenvalue weighted by Crippen LogP contribution is 2.15. The van der Waals surface area contributed by atoms with Crippen molar-refractivity contribution in [1.82, 2.24) is 15.0 Å². The molecule has 234 valence electrons. The van der Waals surface area contributed by atoms with Crippen molar-refractivity contribution in [3.63, 3.8) is 0 Å². The second-order valence-corrected chi connectivity index (χ2v) is 12.8. The summed E-state index contributed by atoms with van der Waals surface area (Å²) in [5, 5.41) is 6.63. The summed E-state index contributed by atoms with van der Waals surface area (Å²) in [4.78, 5) is 15.1. The number of hydrogen-bond acceptors (Lipinski definition) is 8. The zero-order valence-electron chi connectivity index (χ0n) is 25.9. The van der Waals surface area contributed by atoms with Crippen LogP contribution < -0.4 is 15.5 Å². The van der Waals surface area contributed by atoms with Gasteiger partial charge in [-0.2, -0.15) is 23.4 Å². The van der Waals surface area contributed by atoms with Crippen molar-refractivity contribution in [2.75, 3.05) is 48.0 Å². The summed E-state index contributed by atoms with van der Waals surface area (Å²) < 4.78 is 31.5. The largest absolute Gasteiger partial charge is 0.354 e. The van der Waals surface area contributed by atoms with Crippen LogP contribution in [0.15, 0.2) is 0 Å². The van der Waals surface area contributed by atoms with Crippen molar-refractivity contribution < 1.29 is 13.0 Å². The minimum atomic E-state index is -4.06. The first-order valence-electron chi connectivity index (χ1n) is 16.3. The van der Waals surface area contributed by atoms with E-state index in [1.807, 2.05) is 0 Å². The fraction of sp³-hybridized carbons (Fsp3) is 0.900. The summed E-state index contributed by atoms with van der Waals surface area (Å²) in [5.41, 5.74) is 0. The van der Waals surface area contributed by atoms with Crippen LogP contribution in [0.4, 0.5) is 17.8 Å². The molecule has 0 aliphatic rings. The first-order chi connectivity index (χ1) is 19.4. The smallest absolute Gasteiger partial charge is 0.266 e. The minimum absolute atomic E-state index is 0.0954. The third-order valence-corrected chi connectivity index (χ3v) is 7.98. The molecule has 0 saturated carbocycles. The molecule has 0 atom stereocenters. The van der Waals surface area contributed by atoms with Crippen LogP contribution >= 0.6 is 0 Å². The lowest BCUT2D eigenvalue weighted by Gasteiger charge is -2.18. The zero-order chi connectivity index (χ0) is 29.3. The van der Waals surface area contributed by atoms with E-state index in [2.05, 4.69) is 39.4 Å². The summed E-state index contributed by atoms with van der Waals surface area (Å²) in [6.07, 6.45) is 25.9. The molecule has 40 heavy (non-hydrogen) atoms. The van der Waals surface area contributed by atoms with E-state index in [-0.39, 0.29) is 12.3 Å². The molecule has 3 N–H and O–H groups in total. The van der Waals surface area contributed by atoms with Gasteiger partial charge in [0.05, 0.1) is 5.75 Å². The number of aromatic nitrogens is 3. The van der Waals surface area contributed by atoms with E-state index in [1.54, 1.807) is 11.9 Å². The predicted molar refractivity (Wildman–Crippen MR) is 170 cm³/mol. The second-order valence-electron chi connectivity index (χ2n) is 11.2. The van der Waals surface area contributed by atoms with E-state index in [1.165, 1.54) is 116 Å². The third-order valence-electron chi connectivity index (χ3n) is 7.28. The van der Waals surface area contributed by atoms with E-state index in [4.69, 9.17) is 4.55 Å². The second kappa shape index (κ2) is 24.0. The lowest BCUT2D eigenvalue weighted by molar-refractivity contribution is 0.483. The Morgan fingerprint density at radius 3 is 1.30 bits per heavy atom. The van der Waals surface area contributed by atoms with Crippen LogP contribution in [0, 0.1) is 0 Å². The molecule has 0 fully saturated rings. The van der Waals surface area contributed by atoms with Gasteiger partial charge < -0.3 is 15.5 Å². The highest BCUT2D eigenvalue weighted by molar-refractivity contribution is 7.85. The van der Waals surface area contributed by atoms with Crippen LogP contribution in [0.2, 0.25) is 0 Å². The first-order valence-corrected chi connectivity index (χ1v) is 17.9. The van der Waals surface area contributed by atoms with Crippen LogP contribution in [-0.4, -0.2) is 60.4 Å². The quantitative estimate of drug-likeness (QED) is 0.0667. The molecule has 0 aliphatic heterocycles. The maximum absolute atomic E-state index is 11.2. The Kier molecular flexibility index (Phi) is 21.8. The van der Waals surface area contributed by atoms with Crippen LogP contribution in [0.1, 0.15) is 142 Å². The number of nitrogens with zero attached hydrogens (tertiary/aromatic N) is 4. The summed E-state index contributed by atoms with van der Waals surface area (Å²) in [7, 11) is -2.34. The van der Waals surface area contributed by atoms with Gasteiger partial charge in [0.25, 0.3) is 10.1 Å². The Morgan fingerprint density at radius 1 is 0.600 bits per heavy atom. The molecule has 0 radical (unpaired) electrons. The van der Waals surface area contributed by atoms with Gasteiger partial charge in [-0.3, -0.25) is 4.55 Å². The van der Waals surface area contributed by atoms with Gasteiger partial charge in [-0.15, -0.1) is 0 Å². The molecule has 0 unspecified atom stereocenters. The minimum Gasteiger partial charge on any atom is -0.354 e. The molecule has 1 aromatic rings. The van der Waals surface area contributed by atoms with Crippen LogP contribution in [0.25, 0.3) is 0 Å². The van der Waals surface area contributed by atoms with E-state index in [0.717, 1.165) is 25.9 Å². The molecular weight excluding hydrogens is 524 g/mol. The molecule has 10 heteroatoms. The first kappa shape index (κ1) is 36.3. The number of nitrogens with one attached hydrogen (secondary N) is 2. The molecule has 0 spiro atoms. The van der Waals surface area contributed by atoms with Crippen molar-refractivity contribution in [2.45, 2.75) is 142 Å². The highest BCUT2D eigenvalue weighted by Gasteiger charge is 2.13. The molecular formula is C30H60N6O3S. The highest BCUT2D eigenvalue weighted by atomic mass is 32.2. The number of anilines is 3. The normalized spacial score (nSPS) is 11.6. The van der Waals surface area contributed by atoms with Crippen molar-refractivity contribution in [2.24, 2.45) is 0 Å². The molecule has 0 aliphatic carbocycles. The topological polar surface area (TPSA) is 120 Å². The molecule has 0 amide bonds. The van der Waals surface area contributed by atoms with Crippen LogP contribution in [0.3, 0.4) is 0 Å². The molecule has 1 rings (SSSR count). The van der Waals surface area contributed by atoms with E-state index in [9.17, 15) is 8.42 Å². The lowest BCUT2D eigenvalue weighted by atomic mass is 10.0. The van der Waals surface area contributed by atoms with E-state index in [0.29, 0.717) is 17.8 Å². The van der Waals surface area contributed by atoms with Crippen molar-refractivity contribution in [3.8, 4) is 0 Å². The summed E-state index contributed by atoms with van der Waals surface area (Å²) >= 11 is 0. The number of unbranched alkanes of at least 4 members (excludes halogenated alkanes) is 18. The zero-order valence-corrected chi connectivity index (χ0v) is 26.7. The van der Waals surface area contributed by atoms with Gasteiger partial charge in [0.1, 0.15) is 0 Å². The fourth-order valence-electron chi connectivity index (χ4n) is 4.67. The molecule has 0 saturated heterocycles. The summed E-state index contributed by atoms with van der Waals surface area (Å²) in [5.74, 6) is 0.981. The van der Waals surface area contributed by atoms with Gasteiger partial charge in [0.2, 0.25) is 17.8 Å². The van der Waals surface area contributed by atoms with Gasteiger partial charge in [0.15, 0.2) is 0 Å². The molecule has 1 heterocycles. The average Bonchev–Trinajstić information content (AvgIpc) is 2.93.